The monoisotopic (exact) mass is 361 g/mol. The third-order valence-electron chi connectivity index (χ3n) is 3.14. The number of aromatic nitrogens is 3. The molecule has 0 atom stereocenters. The van der Waals surface area contributed by atoms with Gasteiger partial charge in [-0.05, 0) is 19.4 Å². The number of anilines is 1. The average molecular weight is 362 g/mol. The molecule has 0 aliphatic carbocycles. The highest BCUT2D eigenvalue weighted by Crippen LogP contribution is 2.28. The van der Waals surface area contributed by atoms with E-state index < -0.39 is 0 Å². The summed E-state index contributed by atoms with van der Waals surface area (Å²) in [5.41, 5.74) is 5.88. The van der Waals surface area contributed by atoms with Crippen LogP contribution in [-0.2, 0) is 6.42 Å². The molecule has 0 aliphatic rings. The van der Waals surface area contributed by atoms with Crippen LogP contribution in [0.5, 0.6) is 0 Å². The Hall–Kier alpha value is -1.09. The van der Waals surface area contributed by atoms with Gasteiger partial charge in [0.15, 0.2) is 0 Å². The fraction of sp³-hybridized carbons (Fsp3) is 0.538. The molecule has 9 heteroatoms. The molecule has 0 saturated heterocycles. The number of rotatable bonds is 7. The highest BCUT2D eigenvalue weighted by Gasteiger charge is 2.16. The lowest BCUT2D eigenvalue weighted by atomic mass is 10.1. The van der Waals surface area contributed by atoms with Crippen molar-refractivity contribution < 1.29 is 4.79 Å². The van der Waals surface area contributed by atoms with E-state index in [1.54, 1.807) is 5.38 Å². The van der Waals surface area contributed by atoms with Crippen LogP contribution >= 0.6 is 35.1 Å². The molecule has 6 nitrogen and oxygen atoms in total. The summed E-state index contributed by atoms with van der Waals surface area (Å²) in [6.07, 6.45) is 2.73. The van der Waals surface area contributed by atoms with Crippen molar-refractivity contribution in [3.63, 3.8) is 0 Å². The van der Waals surface area contributed by atoms with Gasteiger partial charge in [0.25, 0.3) is 5.91 Å². The Bertz CT molecular complexity index is 597. The fourth-order valence-corrected chi connectivity index (χ4v) is 3.70. The second kappa shape index (κ2) is 9.14. The molecule has 0 radical (unpaired) electrons. The van der Waals surface area contributed by atoms with Crippen molar-refractivity contribution >= 4 is 46.1 Å². The minimum Gasteiger partial charge on any atom is -0.330 e. The third kappa shape index (κ3) is 4.70. The van der Waals surface area contributed by atoms with Crippen LogP contribution in [0.25, 0.3) is 0 Å². The van der Waals surface area contributed by atoms with Gasteiger partial charge >= 0.3 is 0 Å². The van der Waals surface area contributed by atoms with Gasteiger partial charge in [-0.2, -0.15) is 0 Å². The van der Waals surface area contributed by atoms with Crippen LogP contribution in [0.1, 0.15) is 53.1 Å². The second-order valence-electron chi connectivity index (χ2n) is 4.58. The summed E-state index contributed by atoms with van der Waals surface area (Å²) in [6, 6.07) is 0. The summed E-state index contributed by atoms with van der Waals surface area (Å²) in [5.74, 6) is 0.158. The molecule has 122 valence electrons. The van der Waals surface area contributed by atoms with Crippen LogP contribution in [0.15, 0.2) is 5.38 Å². The van der Waals surface area contributed by atoms with Crippen LogP contribution in [-0.4, -0.2) is 27.6 Å². The van der Waals surface area contributed by atoms with E-state index in [-0.39, 0.29) is 18.3 Å². The van der Waals surface area contributed by atoms with Gasteiger partial charge in [-0.25, -0.2) is 4.98 Å². The van der Waals surface area contributed by atoms with Gasteiger partial charge < -0.3 is 5.73 Å². The first-order valence-electron chi connectivity index (χ1n) is 6.97. The zero-order chi connectivity index (χ0) is 15.2. The number of amides is 1. The fourth-order valence-electron chi connectivity index (χ4n) is 1.90. The van der Waals surface area contributed by atoms with Crippen molar-refractivity contribution in [1.82, 2.24) is 15.2 Å². The van der Waals surface area contributed by atoms with Gasteiger partial charge in [-0.1, -0.05) is 25.2 Å². The molecule has 0 saturated carbocycles. The smallest absolute Gasteiger partial charge is 0.276 e. The van der Waals surface area contributed by atoms with Crippen LogP contribution in [0.2, 0.25) is 0 Å². The Morgan fingerprint density at radius 2 is 2.09 bits per heavy atom. The SMILES string of the molecule is CCC(CC)c1nnc(NC(=O)c2csc(CCN)n2)s1.Cl. The van der Waals surface area contributed by atoms with Gasteiger partial charge in [0, 0.05) is 17.7 Å². The zero-order valence-electron chi connectivity index (χ0n) is 12.5. The number of nitrogens with one attached hydrogen (secondary N) is 1. The van der Waals surface area contributed by atoms with Crippen molar-refractivity contribution in [2.45, 2.75) is 39.0 Å². The maximum absolute atomic E-state index is 12.1. The summed E-state index contributed by atoms with van der Waals surface area (Å²) >= 11 is 2.88. The molecule has 0 bridgehead atoms. The van der Waals surface area contributed by atoms with Crippen LogP contribution in [0.4, 0.5) is 5.13 Å². The van der Waals surface area contributed by atoms with E-state index >= 15 is 0 Å². The highest BCUT2D eigenvalue weighted by molar-refractivity contribution is 7.15. The van der Waals surface area contributed by atoms with E-state index in [1.807, 2.05) is 0 Å². The molecule has 2 heterocycles. The van der Waals surface area contributed by atoms with Gasteiger partial charge in [0.1, 0.15) is 10.7 Å². The summed E-state index contributed by atoms with van der Waals surface area (Å²) < 4.78 is 0. The average Bonchev–Trinajstić information content (AvgIpc) is 3.11. The van der Waals surface area contributed by atoms with Crippen molar-refractivity contribution in [3.05, 3.63) is 21.1 Å². The summed E-state index contributed by atoms with van der Waals surface area (Å²) in [7, 11) is 0. The molecule has 1 amide bonds. The first kappa shape index (κ1) is 19.0. The lowest BCUT2D eigenvalue weighted by molar-refractivity contribution is 0.102. The van der Waals surface area contributed by atoms with Gasteiger partial charge in [-0.15, -0.1) is 33.9 Å². The Labute approximate surface area is 144 Å². The number of halogens is 1. The number of nitrogens with two attached hydrogens (primary N) is 1. The number of nitrogens with zero attached hydrogens (tertiary/aromatic N) is 3. The molecule has 2 rings (SSSR count). The number of hydrogen-bond acceptors (Lipinski definition) is 7. The molecule has 0 unspecified atom stereocenters. The van der Waals surface area contributed by atoms with E-state index in [4.69, 9.17) is 5.73 Å². The quantitative estimate of drug-likeness (QED) is 0.790. The van der Waals surface area contributed by atoms with E-state index in [0.717, 1.165) is 22.9 Å². The predicted molar refractivity (Wildman–Crippen MR) is 93.3 cm³/mol. The predicted octanol–water partition coefficient (Wildman–Crippen LogP) is 3.07. The highest BCUT2D eigenvalue weighted by atomic mass is 35.5. The van der Waals surface area contributed by atoms with Crippen molar-refractivity contribution in [2.24, 2.45) is 5.73 Å². The summed E-state index contributed by atoms with van der Waals surface area (Å²) in [5, 5.41) is 15.1. The van der Waals surface area contributed by atoms with Crippen molar-refractivity contribution in [2.75, 3.05) is 11.9 Å². The van der Waals surface area contributed by atoms with Crippen LogP contribution in [0.3, 0.4) is 0 Å². The zero-order valence-corrected chi connectivity index (χ0v) is 15.0. The van der Waals surface area contributed by atoms with Crippen molar-refractivity contribution in [1.29, 1.82) is 0 Å². The molecule has 0 aliphatic heterocycles. The van der Waals surface area contributed by atoms with Crippen molar-refractivity contribution in [3.8, 4) is 0 Å². The first-order valence-corrected chi connectivity index (χ1v) is 8.66. The molecule has 22 heavy (non-hydrogen) atoms. The van der Waals surface area contributed by atoms with Gasteiger partial charge in [-0.3, -0.25) is 10.1 Å². The molecule has 2 aromatic heterocycles. The minimum absolute atomic E-state index is 0. The van der Waals surface area contributed by atoms with Crippen LogP contribution in [0, 0.1) is 0 Å². The maximum atomic E-state index is 12.1. The third-order valence-corrected chi connectivity index (χ3v) is 5.05. The molecule has 3 N–H and O–H groups in total. The van der Waals surface area contributed by atoms with E-state index in [0.29, 0.717) is 29.7 Å². The van der Waals surface area contributed by atoms with E-state index in [1.165, 1.54) is 22.7 Å². The second-order valence-corrected chi connectivity index (χ2v) is 6.53. The molecule has 0 fully saturated rings. The van der Waals surface area contributed by atoms with E-state index in [2.05, 4.69) is 34.3 Å². The molecule has 0 spiro atoms. The molecule has 2 aromatic rings. The number of thiazole rings is 1. The lowest BCUT2D eigenvalue weighted by Gasteiger charge is -2.05. The Morgan fingerprint density at radius 3 is 2.73 bits per heavy atom. The summed E-state index contributed by atoms with van der Waals surface area (Å²) in [4.78, 5) is 16.3. The largest absolute Gasteiger partial charge is 0.330 e. The first-order chi connectivity index (χ1) is 10.2. The molecule has 0 aromatic carbocycles. The number of carbonyl (C=O) groups excluding carboxylic acids is 1. The molecular weight excluding hydrogens is 342 g/mol. The van der Waals surface area contributed by atoms with Gasteiger partial charge in [0.2, 0.25) is 5.13 Å². The van der Waals surface area contributed by atoms with Gasteiger partial charge in [0.05, 0.1) is 5.01 Å². The Morgan fingerprint density at radius 1 is 1.36 bits per heavy atom. The topological polar surface area (TPSA) is 93.8 Å². The molecular formula is C13H20ClN5OS2. The maximum Gasteiger partial charge on any atom is 0.276 e. The lowest BCUT2D eigenvalue weighted by Crippen LogP contribution is -2.12. The standard InChI is InChI=1S/C13H19N5OS2.ClH/c1-3-8(4-2)12-17-18-13(21-12)16-11(19)9-7-20-10(15-9)5-6-14;/h7-8H,3-6,14H2,1-2H3,(H,16,18,19);1H. The normalized spacial score (nSPS) is 10.5. The summed E-state index contributed by atoms with van der Waals surface area (Å²) in [6.45, 7) is 4.79. The van der Waals surface area contributed by atoms with E-state index in [9.17, 15) is 4.79 Å². The van der Waals surface area contributed by atoms with Crippen LogP contribution < -0.4 is 11.1 Å². The number of hydrogen-bond donors (Lipinski definition) is 2. The Balaban J connectivity index is 0.00000242. The number of carbonyl (C=O) groups is 1. The Kier molecular flexibility index (Phi) is 7.88. The minimum atomic E-state index is -0.248.